The van der Waals surface area contributed by atoms with Crippen LogP contribution in [0.5, 0.6) is 0 Å². The molecule has 0 spiro atoms. The van der Waals surface area contributed by atoms with Crippen LogP contribution >= 0.6 is 0 Å². The predicted molar refractivity (Wildman–Crippen MR) is 212 cm³/mol. The Labute approximate surface area is 320 Å². The maximum absolute atomic E-state index is 12.2. The van der Waals surface area contributed by atoms with Crippen molar-refractivity contribution in [1.82, 2.24) is 4.98 Å². The van der Waals surface area contributed by atoms with Gasteiger partial charge in [-0.15, -0.1) is 29.1 Å². The van der Waals surface area contributed by atoms with Crippen molar-refractivity contribution in [2.24, 2.45) is 16.7 Å². The minimum atomic E-state index is -0.337. The number of furan rings is 1. The van der Waals surface area contributed by atoms with Crippen LogP contribution in [0.15, 0.2) is 89.4 Å². The third-order valence-electron chi connectivity index (χ3n) is 10.9. The normalized spacial score (nSPS) is 12.5. The summed E-state index contributed by atoms with van der Waals surface area (Å²) < 4.78 is 5.96. The molecule has 0 fully saturated rings. The average molecular weight is 865 g/mol. The molecular formula is C46H58IrNO3-. The minimum Gasteiger partial charge on any atom is -0.512 e. The summed E-state index contributed by atoms with van der Waals surface area (Å²) in [5, 5.41) is 13.7. The maximum Gasteiger partial charge on any atom is 0.164 e. The molecule has 0 aliphatic rings. The molecule has 2 heterocycles. The number of benzene rings is 3. The molecular weight excluding hydrogens is 807 g/mol. The summed E-state index contributed by atoms with van der Waals surface area (Å²) in [6.45, 7) is 23.4. The van der Waals surface area contributed by atoms with E-state index < -0.39 is 0 Å². The fourth-order valence-corrected chi connectivity index (χ4v) is 6.38. The molecule has 275 valence electrons. The van der Waals surface area contributed by atoms with Crippen LogP contribution in [0, 0.1) is 22.8 Å². The topological polar surface area (TPSA) is 63.3 Å². The first-order valence-corrected chi connectivity index (χ1v) is 18.5. The molecule has 0 saturated heterocycles. The SMILES string of the molecule is CC(C)Cc1ccc(-c2ccnc(-c3[c-]c4ccccc4c(C(C)(C)C)c3)c2)c2occc12.CCC(C)(CC)C(=O)/C=C(\O)C(C)(CC)CC.[Ir]. The van der Waals surface area contributed by atoms with E-state index in [0.717, 1.165) is 65.5 Å². The van der Waals surface area contributed by atoms with E-state index in [2.05, 4.69) is 101 Å². The van der Waals surface area contributed by atoms with Crippen LogP contribution in [-0.2, 0) is 36.7 Å². The third-order valence-corrected chi connectivity index (χ3v) is 10.9. The number of fused-ring (bicyclic) bond motifs is 2. The van der Waals surface area contributed by atoms with E-state index in [1.54, 1.807) is 6.26 Å². The smallest absolute Gasteiger partial charge is 0.164 e. The fourth-order valence-electron chi connectivity index (χ4n) is 6.38. The molecule has 5 aromatic rings. The Kier molecular flexibility index (Phi) is 14.2. The summed E-state index contributed by atoms with van der Waals surface area (Å²) in [6.07, 6.45) is 9.48. The summed E-state index contributed by atoms with van der Waals surface area (Å²) in [5.74, 6) is 0.885. The Hall–Kier alpha value is -3.53. The first kappa shape index (κ1) is 41.9. The molecule has 51 heavy (non-hydrogen) atoms. The molecule has 0 unspecified atom stereocenters. The number of hydrogen-bond donors (Lipinski definition) is 1. The predicted octanol–water partition coefficient (Wildman–Crippen LogP) is 13.3. The van der Waals surface area contributed by atoms with Crippen LogP contribution in [0.4, 0.5) is 0 Å². The second-order valence-electron chi connectivity index (χ2n) is 15.8. The number of carbonyl (C=O) groups is 1. The first-order chi connectivity index (χ1) is 23.6. The zero-order valence-electron chi connectivity index (χ0n) is 32.7. The van der Waals surface area contributed by atoms with E-state index in [-0.39, 0.29) is 47.9 Å². The van der Waals surface area contributed by atoms with Gasteiger partial charge in [0.15, 0.2) is 5.78 Å². The van der Waals surface area contributed by atoms with Gasteiger partial charge in [0.1, 0.15) is 11.3 Å². The number of aliphatic hydroxyl groups excluding tert-OH is 1. The number of aliphatic hydroxyl groups is 1. The molecule has 1 radical (unpaired) electrons. The fraction of sp³-hybridized carbons (Fsp3) is 0.435. The summed E-state index contributed by atoms with van der Waals surface area (Å²) in [7, 11) is 0. The van der Waals surface area contributed by atoms with E-state index in [4.69, 9.17) is 9.40 Å². The molecule has 4 nitrogen and oxygen atoms in total. The number of pyridine rings is 1. The molecule has 1 N–H and O–H groups in total. The van der Waals surface area contributed by atoms with Crippen LogP contribution < -0.4 is 0 Å². The maximum atomic E-state index is 12.2. The molecule has 2 aromatic heterocycles. The van der Waals surface area contributed by atoms with Crippen molar-refractivity contribution in [2.75, 3.05) is 0 Å². The molecule has 3 aromatic carbocycles. The monoisotopic (exact) mass is 865 g/mol. The van der Waals surface area contributed by atoms with Crippen molar-refractivity contribution in [3.63, 3.8) is 0 Å². The number of hydrogen-bond acceptors (Lipinski definition) is 4. The molecule has 0 saturated carbocycles. The Balaban J connectivity index is 0.000000335. The first-order valence-electron chi connectivity index (χ1n) is 18.5. The summed E-state index contributed by atoms with van der Waals surface area (Å²) in [5.41, 5.74) is 7.17. The van der Waals surface area contributed by atoms with Gasteiger partial charge in [0.05, 0.1) is 6.26 Å². The van der Waals surface area contributed by atoms with Crippen LogP contribution in [-0.4, -0.2) is 15.9 Å². The van der Waals surface area contributed by atoms with E-state index in [0.29, 0.717) is 5.92 Å². The van der Waals surface area contributed by atoms with Gasteiger partial charge >= 0.3 is 0 Å². The number of carbonyl (C=O) groups excluding carboxylic acids is 1. The number of allylic oxidation sites excluding steroid dienone is 2. The largest absolute Gasteiger partial charge is 0.512 e. The van der Waals surface area contributed by atoms with Gasteiger partial charge in [0, 0.05) is 59.9 Å². The van der Waals surface area contributed by atoms with E-state index in [1.165, 1.54) is 28.0 Å². The molecule has 0 bridgehead atoms. The van der Waals surface area contributed by atoms with Gasteiger partial charge < -0.3 is 9.52 Å². The average Bonchev–Trinajstić information content (AvgIpc) is 3.61. The number of ketones is 1. The van der Waals surface area contributed by atoms with E-state index >= 15 is 0 Å². The van der Waals surface area contributed by atoms with Gasteiger partial charge in [-0.3, -0.25) is 9.78 Å². The minimum absolute atomic E-state index is 0. The molecule has 5 rings (SSSR count). The van der Waals surface area contributed by atoms with Gasteiger partial charge in [0.25, 0.3) is 0 Å². The van der Waals surface area contributed by atoms with Crippen molar-refractivity contribution in [1.29, 1.82) is 0 Å². The Morgan fingerprint density at radius 3 is 2.12 bits per heavy atom. The Morgan fingerprint density at radius 1 is 0.863 bits per heavy atom. The molecule has 0 amide bonds. The van der Waals surface area contributed by atoms with Gasteiger partial charge in [0.2, 0.25) is 0 Å². The Bertz CT molecular complexity index is 1950. The Morgan fingerprint density at radius 2 is 1.51 bits per heavy atom. The van der Waals surface area contributed by atoms with Crippen molar-refractivity contribution in [2.45, 2.75) is 114 Å². The van der Waals surface area contributed by atoms with Crippen molar-refractivity contribution in [3.8, 4) is 22.4 Å². The zero-order chi connectivity index (χ0) is 36.9. The van der Waals surface area contributed by atoms with E-state index in [9.17, 15) is 9.90 Å². The number of aromatic nitrogens is 1. The number of nitrogens with zero attached hydrogens (tertiary/aromatic N) is 1. The summed E-state index contributed by atoms with van der Waals surface area (Å²) in [4.78, 5) is 16.9. The van der Waals surface area contributed by atoms with Crippen molar-refractivity contribution >= 4 is 27.5 Å². The molecule has 0 atom stereocenters. The van der Waals surface area contributed by atoms with Crippen LogP contribution in [0.2, 0.25) is 0 Å². The van der Waals surface area contributed by atoms with Gasteiger partial charge in [-0.05, 0) is 66.7 Å². The van der Waals surface area contributed by atoms with Crippen LogP contribution in [0.1, 0.15) is 113 Å². The molecule has 0 aliphatic carbocycles. The van der Waals surface area contributed by atoms with Gasteiger partial charge in [-0.2, -0.15) is 0 Å². The van der Waals surface area contributed by atoms with Crippen LogP contribution in [0.3, 0.4) is 0 Å². The van der Waals surface area contributed by atoms with Crippen molar-refractivity contribution < 1.29 is 34.4 Å². The number of rotatable bonds is 11. The molecule has 0 aliphatic heterocycles. The van der Waals surface area contributed by atoms with Crippen LogP contribution in [0.25, 0.3) is 44.1 Å². The van der Waals surface area contributed by atoms with E-state index in [1.807, 2.05) is 47.7 Å². The second kappa shape index (κ2) is 17.3. The quantitative estimate of drug-likeness (QED) is 0.0816. The summed E-state index contributed by atoms with van der Waals surface area (Å²) in [6, 6.07) is 25.1. The summed E-state index contributed by atoms with van der Waals surface area (Å²) >= 11 is 0. The third kappa shape index (κ3) is 9.48. The van der Waals surface area contributed by atoms with Gasteiger partial charge in [-0.25, -0.2) is 0 Å². The van der Waals surface area contributed by atoms with Crippen molar-refractivity contribution in [3.05, 3.63) is 102 Å². The zero-order valence-corrected chi connectivity index (χ0v) is 35.1. The molecule has 5 heteroatoms. The second-order valence-corrected chi connectivity index (χ2v) is 15.8. The standard InChI is InChI=1S/C31H30NO.C15H28O2.Ir/c1-20(2)16-22-10-11-26(30-27(22)13-15-33-30)23-12-14-32-29(19-23)24-17-21-8-6-7-9-25(21)28(18-24)31(3,4)5;1-7-14(5,8-2)12(16)11-13(17)15(6,9-3)10-4;/h6-15,18-20H,16H2,1-5H3;11,16H,7-10H2,1-6H3;/q-1;;/b;12-11-;. The van der Waals surface area contributed by atoms with Gasteiger partial charge in [-0.1, -0.05) is 124 Å².